The average molecular weight is 239 g/mol. The van der Waals surface area contributed by atoms with E-state index < -0.39 is 5.97 Å². The van der Waals surface area contributed by atoms with Crippen molar-refractivity contribution >= 4 is 5.97 Å². The second kappa shape index (κ2) is 7.78. The minimum Gasteiger partial charge on any atom is -0.481 e. The molecule has 0 saturated heterocycles. The summed E-state index contributed by atoms with van der Waals surface area (Å²) in [5.41, 5.74) is 6.64. The molecule has 17 heavy (non-hydrogen) atoms. The van der Waals surface area contributed by atoms with Gasteiger partial charge in [0.15, 0.2) is 0 Å². The number of benzene rings is 1. The third kappa shape index (κ3) is 6.68. The summed E-state index contributed by atoms with van der Waals surface area (Å²) < 4.78 is 0. The third-order valence-corrected chi connectivity index (χ3v) is 2.16. The van der Waals surface area contributed by atoms with E-state index in [0.29, 0.717) is 13.0 Å². The monoisotopic (exact) mass is 239 g/mol. The Kier molecular flexibility index (Phi) is 6.24. The zero-order chi connectivity index (χ0) is 12.5. The molecular weight excluding hydrogens is 222 g/mol. The van der Waals surface area contributed by atoms with Crippen LogP contribution in [0.5, 0.6) is 0 Å². The van der Waals surface area contributed by atoms with Crippen LogP contribution >= 0.6 is 0 Å². The van der Waals surface area contributed by atoms with Gasteiger partial charge in [-0.15, -0.1) is 0 Å². The summed E-state index contributed by atoms with van der Waals surface area (Å²) in [4.78, 5) is 20.2. The first-order chi connectivity index (χ1) is 8.18. The first-order valence-corrected chi connectivity index (χ1v) is 5.44. The lowest BCUT2D eigenvalue weighted by Crippen LogP contribution is -2.27. The molecule has 0 aromatic heterocycles. The number of rotatable bonds is 8. The van der Waals surface area contributed by atoms with Crippen molar-refractivity contribution in [2.24, 2.45) is 5.73 Å². The Morgan fingerprint density at radius 2 is 2.00 bits per heavy atom. The molecule has 0 fully saturated rings. The van der Waals surface area contributed by atoms with E-state index in [1.165, 1.54) is 0 Å². The molecule has 1 aromatic carbocycles. The topological polar surface area (TPSA) is 81.8 Å². The van der Waals surface area contributed by atoms with E-state index in [1.807, 2.05) is 30.3 Å². The van der Waals surface area contributed by atoms with Crippen LogP contribution < -0.4 is 5.73 Å². The Balaban J connectivity index is 2.06. The molecule has 3 N–H and O–H groups in total. The number of aliphatic carboxylic acids is 1. The van der Waals surface area contributed by atoms with E-state index >= 15 is 0 Å². The van der Waals surface area contributed by atoms with E-state index in [4.69, 9.17) is 20.6 Å². The standard InChI is InChI=1S/C12H17NO4/c13-11(6-7-12(14)15)9-17-16-8-10-4-2-1-3-5-10/h1-5,11H,6-9,13H2,(H,14,15)/t11-/m1/s1. The van der Waals surface area contributed by atoms with Crippen LogP contribution in [0.2, 0.25) is 0 Å². The highest BCUT2D eigenvalue weighted by atomic mass is 17.2. The van der Waals surface area contributed by atoms with Gasteiger partial charge in [-0.3, -0.25) is 4.79 Å². The van der Waals surface area contributed by atoms with Crippen molar-refractivity contribution in [3.05, 3.63) is 35.9 Å². The van der Waals surface area contributed by atoms with E-state index in [0.717, 1.165) is 5.56 Å². The summed E-state index contributed by atoms with van der Waals surface area (Å²) in [7, 11) is 0. The van der Waals surface area contributed by atoms with Gasteiger partial charge in [-0.05, 0) is 12.0 Å². The molecule has 5 nitrogen and oxygen atoms in total. The van der Waals surface area contributed by atoms with Gasteiger partial charge in [-0.1, -0.05) is 30.3 Å². The molecule has 0 aliphatic heterocycles. The van der Waals surface area contributed by atoms with Crippen LogP contribution in [0.4, 0.5) is 0 Å². The molecule has 0 bridgehead atoms. The maximum atomic E-state index is 10.3. The lowest BCUT2D eigenvalue weighted by atomic mass is 10.2. The van der Waals surface area contributed by atoms with Crippen LogP contribution in [-0.2, 0) is 21.2 Å². The fourth-order valence-corrected chi connectivity index (χ4v) is 1.21. The number of carbonyl (C=O) groups is 1. The lowest BCUT2D eigenvalue weighted by molar-refractivity contribution is -0.306. The van der Waals surface area contributed by atoms with Crippen LogP contribution in [0.1, 0.15) is 18.4 Å². The van der Waals surface area contributed by atoms with Crippen LogP contribution in [0.15, 0.2) is 30.3 Å². The molecule has 0 amide bonds. The van der Waals surface area contributed by atoms with Gasteiger partial charge in [0.2, 0.25) is 0 Å². The van der Waals surface area contributed by atoms with Gasteiger partial charge in [-0.25, -0.2) is 9.78 Å². The first kappa shape index (κ1) is 13.6. The molecule has 0 aliphatic rings. The molecule has 0 saturated carbocycles. The molecule has 1 atom stereocenters. The molecule has 0 radical (unpaired) electrons. The van der Waals surface area contributed by atoms with Crippen molar-refractivity contribution in [2.75, 3.05) is 6.61 Å². The van der Waals surface area contributed by atoms with Gasteiger partial charge < -0.3 is 10.8 Å². The van der Waals surface area contributed by atoms with Gasteiger partial charge in [0.1, 0.15) is 6.61 Å². The van der Waals surface area contributed by atoms with Gasteiger partial charge in [-0.2, -0.15) is 0 Å². The Labute approximate surface area is 100 Å². The molecule has 0 aliphatic carbocycles. The molecule has 1 aromatic rings. The normalized spacial score (nSPS) is 12.3. The van der Waals surface area contributed by atoms with Crippen LogP contribution in [0.3, 0.4) is 0 Å². The molecule has 1 rings (SSSR count). The highest BCUT2D eigenvalue weighted by Crippen LogP contribution is 2.01. The van der Waals surface area contributed by atoms with Crippen LogP contribution in [-0.4, -0.2) is 23.7 Å². The van der Waals surface area contributed by atoms with Crippen molar-refractivity contribution in [3.8, 4) is 0 Å². The van der Waals surface area contributed by atoms with Crippen molar-refractivity contribution in [1.29, 1.82) is 0 Å². The van der Waals surface area contributed by atoms with Crippen molar-refractivity contribution in [3.63, 3.8) is 0 Å². The molecule has 5 heteroatoms. The average Bonchev–Trinajstić information content (AvgIpc) is 2.33. The Bertz CT molecular complexity index is 329. The number of carboxylic acids is 1. The van der Waals surface area contributed by atoms with Gasteiger partial charge in [0.25, 0.3) is 0 Å². The minimum atomic E-state index is -0.856. The van der Waals surface area contributed by atoms with Crippen LogP contribution in [0.25, 0.3) is 0 Å². The van der Waals surface area contributed by atoms with E-state index in [-0.39, 0.29) is 19.1 Å². The molecule has 94 valence electrons. The van der Waals surface area contributed by atoms with Gasteiger partial charge in [0.05, 0.1) is 6.61 Å². The maximum absolute atomic E-state index is 10.3. The largest absolute Gasteiger partial charge is 0.481 e. The first-order valence-electron chi connectivity index (χ1n) is 5.44. The molecule has 0 heterocycles. The summed E-state index contributed by atoms with van der Waals surface area (Å²) in [6.45, 7) is 0.548. The SMILES string of the molecule is N[C@H](CCC(=O)O)COOCc1ccccc1. The zero-order valence-corrected chi connectivity index (χ0v) is 9.54. The van der Waals surface area contributed by atoms with E-state index in [1.54, 1.807) is 0 Å². The number of hydrogen-bond donors (Lipinski definition) is 2. The zero-order valence-electron chi connectivity index (χ0n) is 9.54. The number of carboxylic acid groups (broad SMARTS) is 1. The quantitative estimate of drug-likeness (QED) is 0.406. The van der Waals surface area contributed by atoms with Crippen molar-refractivity contribution in [1.82, 2.24) is 0 Å². The fraction of sp³-hybridized carbons (Fsp3) is 0.417. The Morgan fingerprint density at radius 1 is 1.29 bits per heavy atom. The summed E-state index contributed by atoms with van der Waals surface area (Å²) in [6, 6.07) is 9.28. The third-order valence-electron chi connectivity index (χ3n) is 2.16. The summed E-state index contributed by atoms with van der Waals surface area (Å²) in [6.07, 6.45) is 0.424. The summed E-state index contributed by atoms with van der Waals surface area (Å²) in [5, 5.41) is 8.46. The van der Waals surface area contributed by atoms with E-state index in [9.17, 15) is 4.79 Å². The summed E-state index contributed by atoms with van der Waals surface area (Å²) in [5.74, 6) is -0.856. The minimum absolute atomic E-state index is 0.0449. The van der Waals surface area contributed by atoms with Crippen molar-refractivity contribution < 1.29 is 19.7 Å². The van der Waals surface area contributed by atoms with E-state index in [2.05, 4.69) is 0 Å². The van der Waals surface area contributed by atoms with Crippen LogP contribution in [0, 0.1) is 0 Å². The smallest absolute Gasteiger partial charge is 0.303 e. The highest BCUT2D eigenvalue weighted by molar-refractivity contribution is 5.66. The van der Waals surface area contributed by atoms with Gasteiger partial charge >= 0.3 is 5.97 Å². The van der Waals surface area contributed by atoms with Gasteiger partial charge in [0, 0.05) is 12.5 Å². The maximum Gasteiger partial charge on any atom is 0.303 e. The molecule has 0 unspecified atom stereocenters. The Morgan fingerprint density at radius 3 is 2.65 bits per heavy atom. The predicted molar refractivity (Wildman–Crippen MR) is 62.0 cm³/mol. The number of nitrogens with two attached hydrogens (primary N) is 1. The lowest BCUT2D eigenvalue weighted by Gasteiger charge is -2.10. The second-order valence-corrected chi connectivity index (χ2v) is 3.72. The highest BCUT2D eigenvalue weighted by Gasteiger charge is 2.06. The fourth-order valence-electron chi connectivity index (χ4n) is 1.21. The second-order valence-electron chi connectivity index (χ2n) is 3.72. The summed E-state index contributed by atoms with van der Waals surface area (Å²) >= 11 is 0. The predicted octanol–water partition coefficient (Wildman–Crippen LogP) is 1.33. The Hall–Kier alpha value is -1.43. The number of hydrogen-bond acceptors (Lipinski definition) is 4. The molecular formula is C12H17NO4. The molecule has 0 spiro atoms. The van der Waals surface area contributed by atoms with Crippen molar-refractivity contribution in [2.45, 2.75) is 25.5 Å².